The van der Waals surface area contributed by atoms with Gasteiger partial charge in [0.2, 0.25) is 0 Å². The number of aromatic nitrogens is 1. The number of alkyl halides is 5. The maximum absolute atomic E-state index is 12.6. The third-order valence-corrected chi connectivity index (χ3v) is 1.95. The second-order valence-electron chi connectivity index (χ2n) is 3.02. The minimum atomic E-state index is -5.20. The molecule has 1 heterocycles. The molecule has 0 atom stereocenters. The fraction of sp³-hybridized carbons (Fsp3) is 0.222. The number of carboxylic acids is 1. The molecule has 0 unspecified atom stereocenters. The van der Waals surface area contributed by atoms with Crippen LogP contribution in [0.25, 0.3) is 0 Å². The van der Waals surface area contributed by atoms with Gasteiger partial charge in [-0.25, -0.2) is 13.6 Å². The van der Waals surface area contributed by atoms with Gasteiger partial charge in [0, 0.05) is 6.20 Å². The molecule has 1 N–H and O–H groups in total. The first-order valence-electron chi connectivity index (χ1n) is 4.21. The topological polar surface area (TPSA) is 74.0 Å². The number of carbonyl (C=O) groups is 1. The van der Waals surface area contributed by atoms with Crippen LogP contribution in [0.3, 0.4) is 0 Å². The van der Waals surface area contributed by atoms with E-state index in [2.05, 4.69) is 4.98 Å². The Balaban J connectivity index is 3.72. The van der Waals surface area contributed by atoms with Crippen LogP contribution in [0.4, 0.5) is 22.0 Å². The molecular weight excluding hydrogens is 263 g/mol. The quantitative estimate of drug-likeness (QED) is 0.835. The van der Waals surface area contributed by atoms with Crippen LogP contribution in [-0.4, -0.2) is 16.1 Å². The molecule has 9 heteroatoms. The Morgan fingerprint density at radius 2 is 2.00 bits per heavy atom. The third kappa shape index (κ3) is 2.37. The van der Waals surface area contributed by atoms with Crippen molar-refractivity contribution in [3.05, 3.63) is 28.6 Å². The molecule has 0 bridgehead atoms. The Kier molecular flexibility index (Phi) is 3.50. The van der Waals surface area contributed by atoms with Crippen LogP contribution < -0.4 is 0 Å². The maximum atomic E-state index is 12.6. The second kappa shape index (κ2) is 4.56. The zero-order valence-electron chi connectivity index (χ0n) is 8.29. The molecule has 0 aromatic carbocycles. The summed E-state index contributed by atoms with van der Waals surface area (Å²) in [5.41, 5.74) is -5.91. The minimum absolute atomic E-state index is 0.232. The summed E-state index contributed by atoms with van der Waals surface area (Å²) >= 11 is 0. The molecule has 96 valence electrons. The average Bonchev–Trinajstić information content (AvgIpc) is 2.25. The summed E-state index contributed by atoms with van der Waals surface area (Å²) in [6.45, 7) is 0. The molecular formula is C9H3F5N2O2. The molecule has 1 rings (SSSR count). The number of rotatable bonds is 2. The summed E-state index contributed by atoms with van der Waals surface area (Å²) in [5, 5.41) is 17.1. The first-order chi connectivity index (χ1) is 8.20. The fourth-order valence-electron chi connectivity index (χ4n) is 1.25. The van der Waals surface area contributed by atoms with Crippen LogP contribution in [0.15, 0.2) is 6.20 Å². The van der Waals surface area contributed by atoms with Gasteiger partial charge in [-0.1, -0.05) is 0 Å². The highest BCUT2D eigenvalue weighted by Gasteiger charge is 2.40. The highest BCUT2D eigenvalue weighted by atomic mass is 19.4. The van der Waals surface area contributed by atoms with Crippen molar-refractivity contribution in [3.63, 3.8) is 0 Å². The average molecular weight is 266 g/mol. The van der Waals surface area contributed by atoms with Gasteiger partial charge in [0.15, 0.2) is 5.69 Å². The van der Waals surface area contributed by atoms with E-state index in [1.807, 2.05) is 0 Å². The zero-order chi connectivity index (χ0) is 14.1. The number of nitriles is 1. The van der Waals surface area contributed by atoms with Crippen molar-refractivity contribution in [1.82, 2.24) is 4.98 Å². The van der Waals surface area contributed by atoms with Gasteiger partial charge in [0.05, 0.1) is 16.7 Å². The molecule has 4 nitrogen and oxygen atoms in total. The smallest absolute Gasteiger partial charge is 0.433 e. The molecule has 0 amide bonds. The van der Waals surface area contributed by atoms with Crippen molar-refractivity contribution >= 4 is 5.97 Å². The van der Waals surface area contributed by atoms with Crippen molar-refractivity contribution in [2.24, 2.45) is 0 Å². The lowest BCUT2D eigenvalue weighted by atomic mass is 10.0. The predicted molar refractivity (Wildman–Crippen MR) is 45.9 cm³/mol. The van der Waals surface area contributed by atoms with Crippen molar-refractivity contribution < 1.29 is 31.9 Å². The van der Waals surface area contributed by atoms with Gasteiger partial charge in [0.1, 0.15) is 6.07 Å². The lowest BCUT2D eigenvalue weighted by Gasteiger charge is -2.13. The summed E-state index contributed by atoms with van der Waals surface area (Å²) in [7, 11) is 0. The number of aromatic carboxylic acids is 1. The lowest BCUT2D eigenvalue weighted by molar-refractivity contribution is -0.143. The molecule has 0 aliphatic heterocycles. The number of hydrogen-bond acceptors (Lipinski definition) is 3. The van der Waals surface area contributed by atoms with Gasteiger partial charge in [0.25, 0.3) is 6.43 Å². The van der Waals surface area contributed by atoms with Crippen LogP contribution in [0.5, 0.6) is 0 Å². The van der Waals surface area contributed by atoms with E-state index in [1.165, 1.54) is 0 Å². The monoisotopic (exact) mass is 266 g/mol. The van der Waals surface area contributed by atoms with Crippen molar-refractivity contribution in [1.29, 1.82) is 5.26 Å². The number of nitrogens with zero attached hydrogens (tertiary/aromatic N) is 2. The Labute approximate surface area is 96.3 Å². The standard InChI is InChI=1S/C9H3F5N2O2/c10-7(11)5-3(1-15)4(8(17)18)2-16-6(5)9(12,13)14/h2,7H,(H,17,18). The van der Waals surface area contributed by atoms with Crippen LogP contribution in [-0.2, 0) is 6.18 Å². The molecule has 0 spiro atoms. The molecule has 0 radical (unpaired) electrons. The summed E-state index contributed by atoms with van der Waals surface area (Å²) in [5.74, 6) is -1.81. The van der Waals surface area contributed by atoms with Gasteiger partial charge in [-0.05, 0) is 0 Å². The summed E-state index contributed by atoms with van der Waals surface area (Å²) in [6, 6.07) is 1.04. The van der Waals surface area contributed by atoms with Gasteiger partial charge in [-0.15, -0.1) is 0 Å². The Hall–Kier alpha value is -2.24. The van der Waals surface area contributed by atoms with Gasteiger partial charge >= 0.3 is 12.1 Å². The number of halogens is 5. The molecule has 0 aliphatic rings. The van der Waals surface area contributed by atoms with E-state index in [9.17, 15) is 26.7 Å². The molecule has 0 fully saturated rings. The second-order valence-corrected chi connectivity index (χ2v) is 3.02. The Morgan fingerprint density at radius 3 is 2.33 bits per heavy atom. The summed E-state index contributed by atoms with van der Waals surface area (Å²) in [4.78, 5) is 13.3. The Morgan fingerprint density at radius 1 is 1.44 bits per heavy atom. The van der Waals surface area contributed by atoms with E-state index < -0.39 is 41.0 Å². The van der Waals surface area contributed by atoms with Gasteiger partial charge in [-0.2, -0.15) is 18.4 Å². The SMILES string of the molecule is N#Cc1c(C(=O)O)cnc(C(F)(F)F)c1C(F)F. The van der Waals surface area contributed by atoms with E-state index in [-0.39, 0.29) is 6.20 Å². The minimum Gasteiger partial charge on any atom is -0.478 e. The molecule has 0 saturated carbocycles. The normalized spacial score (nSPS) is 11.4. The fourth-order valence-corrected chi connectivity index (χ4v) is 1.25. The zero-order valence-corrected chi connectivity index (χ0v) is 8.29. The highest BCUT2D eigenvalue weighted by Crippen LogP contribution is 2.37. The molecule has 1 aromatic rings. The van der Waals surface area contributed by atoms with Crippen LogP contribution >= 0.6 is 0 Å². The van der Waals surface area contributed by atoms with E-state index in [4.69, 9.17) is 10.4 Å². The van der Waals surface area contributed by atoms with Crippen molar-refractivity contribution in [2.45, 2.75) is 12.6 Å². The highest BCUT2D eigenvalue weighted by molar-refractivity contribution is 5.90. The molecule has 18 heavy (non-hydrogen) atoms. The maximum Gasteiger partial charge on any atom is 0.433 e. The first kappa shape index (κ1) is 13.8. The van der Waals surface area contributed by atoms with E-state index >= 15 is 0 Å². The third-order valence-electron chi connectivity index (χ3n) is 1.95. The molecule has 0 saturated heterocycles. The molecule has 1 aromatic heterocycles. The predicted octanol–water partition coefficient (Wildman–Crippen LogP) is 2.61. The molecule has 0 aliphatic carbocycles. The largest absolute Gasteiger partial charge is 0.478 e. The van der Waals surface area contributed by atoms with E-state index in [1.54, 1.807) is 0 Å². The van der Waals surface area contributed by atoms with E-state index in [0.29, 0.717) is 0 Å². The Bertz CT molecular complexity index is 533. The van der Waals surface area contributed by atoms with Crippen LogP contribution in [0.2, 0.25) is 0 Å². The lowest BCUT2D eigenvalue weighted by Crippen LogP contribution is -2.16. The van der Waals surface area contributed by atoms with E-state index in [0.717, 1.165) is 6.07 Å². The van der Waals surface area contributed by atoms with Gasteiger partial charge in [-0.3, -0.25) is 4.98 Å². The van der Waals surface area contributed by atoms with Gasteiger partial charge < -0.3 is 5.11 Å². The summed E-state index contributed by atoms with van der Waals surface area (Å²) in [6.07, 6.45) is -8.63. The first-order valence-corrected chi connectivity index (χ1v) is 4.21. The van der Waals surface area contributed by atoms with Crippen LogP contribution in [0, 0.1) is 11.3 Å². The van der Waals surface area contributed by atoms with Crippen LogP contribution in [0.1, 0.15) is 33.6 Å². The number of carboxylic acid groups (broad SMARTS) is 1. The van der Waals surface area contributed by atoms with Crippen molar-refractivity contribution in [2.75, 3.05) is 0 Å². The number of pyridine rings is 1. The van der Waals surface area contributed by atoms with Crippen molar-refractivity contribution in [3.8, 4) is 6.07 Å². The summed E-state index contributed by atoms with van der Waals surface area (Å²) < 4.78 is 62.3. The number of hydrogen-bond donors (Lipinski definition) is 1.